The molecular weight excluding hydrogens is 538 g/mol. The van der Waals surface area contributed by atoms with Crippen LogP contribution in [0.4, 0.5) is 11.4 Å². The van der Waals surface area contributed by atoms with E-state index < -0.39 is 0 Å². The minimum Gasteiger partial charge on any atom is -0.461 e. The van der Waals surface area contributed by atoms with Gasteiger partial charge in [-0.3, -0.25) is 4.34 Å². The lowest BCUT2D eigenvalue weighted by Crippen LogP contribution is -1.96. The molecule has 1 atom stereocenters. The molecule has 9 heteroatoms. The molecule has 29 heavy (non-hydrogen) atoms. The third-order valence-corrected chi connectivity index (χ3v) is 7.88. The highest BCUT2D eigenvalue weighted by atomic mass is 127. The Kier molecular flexibility index (Phi) is 6.11. The molecule has 0 saturated heterocycles. The molecule has 4 rings (SSSR count). The molecule has 0 radical (unpaired) electrons. The van der Waals surface area contributed by atoms with Crippen molar-refractivity contribution in [2.45, 2.75) is 25.7 Å². The molecule has 0 amide bonds. The smallest absolute Gasteiger partial charge is 0.167 e. The molecule has 1 aromatic carbocycles. The molecule has 0 fully saturated rings. The van der Waals surface area contributed by atoms with Gasteiger partial charge < -0.3 is 9.73 Å². The Bertz CT molecular complexity index is 1200. The van der Waals surface area contributed by atoms with E-state index in [4.69, 9.17) is 21.0 Å². The molecule has 150 valence electrons. The molecule has 0 saturated carbocycles. The van der Waals surface area contributed by atoms with Gasteiger partial charge in [0.15, 0.2) is 5.65 Å². The number of hydrogen-bond donors (Lipinski definition) is 1. The Morgan fingerprint density at radius 3 is 2.59 bits per heavy atom. The minimum absolute atomic E-state index is 0.444. The maximum Gasteiger partial charge on any atom is 0.167 e. The van der Waals surface area contributed by atoms with E-state index in [1.807, 2.05) is 19.9 Å². The number of halogens is 2. The summed E-state index contributed by atoms with van der Waals surface area (Å²) in [5.74, 6) is 2.76. The van der Waals surface area contributed by atoms with Crippen LogP contribution in [0.1, 0.15) is 17.1 Å². The summed E-state index contributed by atoms with van der Waals surface area (Å²) in [6.07, 6.45) is 2.57. The zero-order valence-electron chi connectivity index (χ0n) is 16.3. The fraction of sp³-hybridized carbons (Fsp3) is 0.200. The predicted molar refractivity (Wildman–Crippen MR) is 134 cm³/mol. The third kappa shape index (κ3) is 4.02. The van der Waals surface area contributed by atoms with E-state index in [1.54, 1.807) is 11.8 Å². The first-order valence-corrected chi connectivity index (χ1v) is 14.5. The van der Waals surface area contributed by atoms with E-state index in [-0.39, 0.29) is 0 Å². The maximum atomic E-state index is 6.32. The van der Waals surface area contributed by atoms with Gasteiger partial charge in [-0.2, -0.15) is 0 Å². The van der Waals surface area contributed by atoms with Gasteiger partial charge in [0.25, 0.3) is 0 Å². The molecule has 3 heterocycles. The summed E-state index contributed by atoms with van der Waals surface area (Å²) in [6, 6.07) is 10.2. The summed E-state index contributed by atoms with van der Waals surface area (Å²) in [4.78, 5) is 10.3. The minimum atomic E-state index is 0.444. The topological polar surface area (TPSA) is 55.9 Å². The normalized spacial score (nSPS) is 11.8. The van der Waals surface area contributed by atoms with Gasteiger partial charge in [-0.15, -0.1) is 11.8 Å². The van der Waals surface area contributed by atoms with Gasteiger partial charge >= 0.3 is 0 Å². The lowest BCUT2D eigenvalue weighted by Gasteiger charge is -2.13. The molecule has 1 unspecified atom stereocenters. The number of thioether (sulfide) groups is 1. The zero-order chi connectivity index (χ0) is 20.7. The third-order valence-electron chi connectivity index (χ3n) is 4.76. The average Bonchev–Trinajstić information content (AvgIpc) is 3.20. The lowest BCUT2D eigenvalue weighted by atomic mass is 10.1. The predicted octanol–water partition coefficient (Wildman–Crippen LogP) is 7.53. The number of anilines is 2. The van der Waals surface area contributed by atoms with Crippen LogP contribution in [0.3, 0.4) is 0 Å². The number of aromatic nitrogens is 3. The summed E-state index contributed by atoms with van der Waals surface area (Å²) in [7, 11) is 0. The van der Waals surface area contributed by atoms with Crippen molar-refractivity contribution in [1.82, 2.24) is 14.3 Å². The monoisotopic (exact) mass is 556 g/mol. The van der Waals surface area contributed by atoms with Gasteiger partial charge in [-0.05, 0) is 78.9 Å². The quantitative estimate of drug-likeness (QED) is 0.119. The van der Waals surface area contributed by atoms with Crippen LogP contribution in [-0.4, -0.2) is 20.6 Å². The lowest BCUT2D eigenvalue weighted by molar-refractivity contribution is 0.545. The molecule has 5 nitrogen and oxygen atoms in total. The Morgan fingerprint density at radius 2 is 1.93 bits per heavy atom. The van der Waals surface area contributed by atoms with Crippen molar-refractivity contribution in [3.8, 4) is 11.3 Å². The van der Waals surface area contributed by atoms with Crippen molar-refractivity contribution < 1.29 is 4.42 Å². The maximum absolute atomic E-state index is 6.32. The van der Waals surface area contributed by atoms with Crippen LogP contribution in [-0.2, 0) is 0 Å². The van der Waals surface area contributed by atoms with Crippen LogP contribution < -0.4 is 5.32 Å². The second-order valence-electron chi connectivity index (χ2n) is 6.63. The number of fused-ring (bicyclic) bond motifs is 1. The van der Waals surface area contributed by atoms with Crippen molar-refractivity contribution >= 4 is 74.3 Å². The number of benzene rings is 1. The van der Waals surface area contributed by atoms with Crippen molar-refractivity contribution in [2.24, 2.45) is 0 Å². The summed E-state index contributed by atoms with van der Waals surface area (Å²) < 4.78 is 7.97. The molecule has 4 aromatic rings. The molecule has 0 aliphatic heterocycles. The van der Waals surface area contributed by atoms with Crippen LogP contribution in [0.2, 0.25) is 5.15 Å². The van der Waals surface area contributed by atoms with Crippen LogP contribution in [0, 0.1) is 20.8 Å². The number of nitrogens with one attached hydrogen (secondary N) is 1. The molecule has 1 N–H and O–H groups in total. The van der Waals surface area contributed by atoms with Crippen LogP contribution >= 0.6 is 51.8 Å². The van der Waals surface area contributed by atoms with Crippen molar-refractivity contribution in [3.63, 3.8) is 0 Å². The van der Waals surface area contributed by atoms with Gasteiger partial charge in [0.05, 0.1) is 17.7 Å². The zero-order valence-corrected chi connectivity index (χ0v) is 21.0. The molecule has 0 aliphatic rings. The summed E-state index contributed by atoms with van der Waals surface area (Å²) in [6.45, 7) is 6.03. The fourth-order valence-electron chi connectivity index (χ4n) is 3.13. The van der Waals surface area contributed by atoms with E-state index in [0.717, 1.165) is 55.9 Å². The van der Waals surface area contributed by atoms with Crippen LogP contribution in [0.15, 0.2) is 39.6 Å². The van der Waals surface area contributed by atoms with Gasteiger partial charge in [0.1, 0.15) is 28.0 Å². The second kappa shape index (κ2) is 8.46. The molecule has 0 bridgehead atoms. The molecule has 0 spiro atoms. The Hall–Kier alpha value is -1.28. The van der Waals surface area contributed by atoms with Gasteiger partial charge in [-0.25, -0.2) is 9.97 Å². The van der Waals surface area contributed by atoms with E-state index in [9.17, 15) is 0 Å². The SMILES string of the molecule is CSc1cc(-c2cc(C)c(C)o2)ccc1Nc1cc(Cl)nc2c1nc(C)n2PI. The Morgan fingerprint density at radius 1 is 1.14 bits per heavy atom. The summed E-state index contributed by atoms with van der Waals surface area (Å²) in [5, 5.41) is 3.96. The first kappa shape index (κ1) is 21.0. The number of aryl methyl sites for hydroxylation is 3. The van der Waals surface area contributed by atoms with Crippen LogP contribution in [0.5, 0.6) is 0 Å². The number of hydrogen-bond acceptors (Lipinski definition) is 5. The number of imidazole rings is 1. The largest absolute Gasteiger partial charge is 0.461 e. The fourth-order valence-corrected chi connectivity index (χ4v) is 6.04. The number of furan rings is 1. The highest BCUT2D eigenvalue weighted by Gasteiger charge is 2.16. The van der Waals surface area contributed by atoms with Crippen molar-refractivity contribution in [2.75, 3.05) is 11.6 Å². The van der Waals surface area contributed by atoms with E-state index in [1.165, 1.54) is 0 Å². The van der Waals surface area contributed by atoms with E-state index in [0.29, 0.717) is 11.5 Å². The Balaban J connectivity index is 1.76. The van der Waals surface area contributed by atoms with Crippen molar-refractivity contribution in [1.29, 1.82) is 0 Å². The van der Waals surface area contributed by atoms with Crippen LogP contribution in [0.25, 0.3) is 22.5 Å². The second-order valence-corrected chi connectivity index (χ2v) is 9.93. The molecule has 0 aliphatic carbocycles. The number of nitrogens with zero attached hydrogens (tertiary/aromatic N) is 3. The van der Waals surface area contributed by atoms with E-state index >= 15 is 0 Å². The molecule has 3 aromatic heterocycles. The molecular formula is C20H19ClIN4OPS. The van der Waals surface area contributed by atoms with Gasteiger partial charge in [-0.1, -0.05) is 11.6 Å². The highest BCUT2D eigenvalue weighted by Crippen LogP contribution is 2.38. The Labute approximate surface area is 193 Å². The van der Waals surface area contributed by atoms with Gasteiger partial charge in [0, 0.05) is 16.5 Å². The standard InChI is InChI=1S/C20H19ClIN4OPS/c1-10-7-16(27-11(10)2)13-5-6-14(17(8-13)29-4)24-15-9-18(21)25-20-19(15)23-12(3)26(20)28-22/h5-9,28H,1-4H3,(H,24,25). The number of rotatable bonds is 5. The first-order valence-electron chi connectivity index (χ1n) is 8.86. The highest BCUT2D eigenvalue weighted by molar-refractivity contribution is 14.2. The van der Waals surface area contributed by atoms with Gasteiger partial charge in [0.2, 0.25) is 0 Å². The van der Waals surface area contributed by atoms with E-state index in [2.05, 4.69) is 74.1 Å². The van der Waals surface area contributed by atoms with Crippen molar-refractivity contribution in [3.05, 3.63) is 52.6 Å². The first-order chi connectivity index (χ1) is 13.9. The number of pyridine rings is 1. The summed E-state index contributed by atoms with van der Waals surface area (Å²) >= 11 is 10.3. The summed E-state index contributed by atoms with van der Waals surface area (Å²) in [5.41, 5.74) is 5.68. The average molecular weight is 557 g/mol.